The van der Waals surface area contributed by atoms with E-state index in [1.807, 2.05) is 10.9 Å². The fourth-order valence-electron chi connectivity index (χ4n) is 1.83. The number of aryl methyl sites for hydroxylation is 1. The molecule has 0 aliphatic carbocycles. The average Bonchev–Trinajstić information content (AvgIpc) is 2.97. The van der Waals surface area contributed by atoms with E-state index in [0.29, 0.717) is 0 Å². The van der Waals surface area contributed by atoms with Crippen molar-refractivity contribution >= 4 is 0 Å². The van der Waals surface area contributed by atoms with Crippen molar-refractivity contribution < 1.29 is 0 Å². The van der Waals surface area contributed by atoms with Crippen molar-refractivity contribution in [3.63, 3.8) is 0 Å². The van der Waals surface area contributed by atoms with Gasteiger partial charge in [-0.05, 0) is 13.0 Å². The molecule has 2 aromatic heterocycles. The minimum absolute atomic E-state index is 0.0596. The highest BCUT2D eigenvalue weighted by Gasteiger charge is 2.17. The molecule has 2 N–H and O–H groups in total. The van der Waals surface area contributed by atoms with E-state index in [1.54, 1.807) is 6.20 Å². The lowest BCUT2D eigenvalue weighted by molar-refractivity contribution is 0.594. The largest absolute Gasteiger partial charge is 0.305 e. The Balaban J connectivity index is 2.20. The second kappa shape index (κ2) is 5.58. The highest BCUT2D eigenvalue weighted by molar-refractivity contribution is 5.21. The van der Waals surface area contributed by atoms with Gasteiger partial charge in [-0.2, -0.15) is 20.5 Å². The Labute approximate surface area is 100 Å². The molecule has 1 atom stereocenters. The summed E-state index contributed by atoms with van der Waals surface area (Å²) < 4.78 is 1.96. The van der Waals surface area contributed by atoms with Gasteiger partial charge in [-0.15, -0.1) is 0 Å². The molecule has 0 fully saturated rings. The Morgan fingerprint density at radius 2 is 2.29 bits per heavy atom. The second-order valence-corrected chi connectivity index (χ2v) is 3.92. The number of hydrogen-bond donors (Lipinski definition) is 2. The second-order valence-electron chi connectivity index (χ2n) is 3.92. The number of H-pyrrole nitrogens is 1. The fraction of sp³-hybridized carbons (Fsp3) is 0.545. The highest BCUT2D eigenvalue weighted by Crippen LogP contribution is 2.18. The Morgan fingerprint density at radius 3 is 2.94 bits per heavy atom. The van der Waals surface area contributed by atoms with Crippen LogP contribution >= 0.6 is 0 Å². The van der Waals surface area contributed by atoms with E-state index < -0.39 is 0 Å². The van der Waals surface area contributed by atoms with Gasteiger partial charge in [0.05, 0.1) is 18.4 Å². The molecule has 92 valence electrons. The third-order valence-electron chi connectivity index (χ3n) is 2.58. The molecule has 2 heterocycles. The predicted octanol–water partition coefficient (Wildman–Crippen LogP) is 1.11. The number of nitrogens with one attached hydrogen (secondary N) is 2. The van der Waals surface area contributed by atoms with Gasteiger partial charge in [-0.25, -0.2) is 0 Å². The molecule has 17 heavy (non-hydrogen) atoms. The molecule has 0 amide bonds. The number of hydrogen-bond acceptors (Lipinski definition) is 4. The normalized spacial score (nSPS) is 12.8. The van der Waals surface area contributed by atoms with Gasteiger partial charge in [0.1, 0.15) is 5.69 Å². The van der Waals surface area contributed by atoms with E-state index in [2.05, 4.69) is 45.9 Å². The minimum atomic E-state index is 0.0596. The van der Waals surface area contributed by atoms with Gasteiger partial charge in [-0.3, -0.25) is 4.68 Å². The third-order valence-corrected chi connectivity index (χ3v) is 2.58. The molecule has 6 nitrogen and oxygen atoms in total. The van der Waals surface area contributed by atoms with E-state index in [9.17, 15) is 0 Å². The van der Waals surface area contributed by atoms with Gasteiger partial charge in [0.15, 0.2) is 0 Å². The molecule has 0 spiro atoms. The number of nitrogens with zero attached hydrogens (tertiary/aromatic N) is 4. The maximum atomic E-state index is 4.34. The van der Waals surface area contributed by atoms with Gasteiger partial charge in [0.25, 0.3) is 0 Å². The Bertz CT molecular complexity index is 433. The topological polar surface area (TPSA) is 71.4 Å². The molecule has 2 aromatic rings. The first-order chi connectivity index (χ1) is 8.35. The Hall–Kier alpha value is -1.69. The van der Waals surface area contributed by atoms with E-state index in [4.69, 9.17) is 0 Å². The smallest absolute Gasteiger partial charge is 0.104 e. The van der Waals surface area contributed by atoms with Gasteiger partial charge >= 0.3 is 0 Å². The van der Waals surface area contributed by atoms with Crippen LogP contribution in [-0.2, 0) is 6.54 Å². The standard InChI is InChI=1S/C11H18N6/c1-3-5-17-8-9(6-14-17)11(12-4-2)10-7-13-16-15-10/h6-8,11-12H,3-5H2,1-2H3,(H,13,15,16). The van der Waals surface area contributed by atoms with Crippen molar-refractivity contribution in [3.05, 3.63) is 29.8 Å². The summed E-state index contributed by atoms with van der Waals surface area (Å²) in [6.45, 7) is 6.03. The zero-order chi connectivity index (χ0) is 12.1. The molecule has 0 bridgehead atoms. The molecule has 0 aliphatic rings. The number of aromatic amines is 1. The molecule has 6 heteroatoms. The molecule has 0 saturated carbocycles. The number of aromatic nitrogens is 5. The third kappa shape index (κ3) is 2.71. The fourth-order valence-corrected chi connectivity index (χ4v) is 1.83. The summed E-state index contributed by atoms with van der Waals surface area (Å²) >= 11 is 0. The minimum Gasteiger partial charge on any atom is -0.305 e. The van der Waals surface area contributed by atoms with E-state index in [1.165, 1.54) is 0 Å². The molecule has 0 aliphatic heterocycles. The first kappa shape index (κ1) is 11.8. The van der Waals surface area contributed by atoms with Crippen molar-refractivity contribution in [1.29, 1.82) is 0 Å². The van der Waals surface area contributed by atoms with Crippen LogP contribution in [0.2, 0.25) is 0 Å². The van der Waals surface area contributed by atoms with Crippen molar-refractivity contribution in [2.75, 3.05) is 6.54 Å². The molecule has 1 unspecified atom stereocenters. The lowest BCUT2D eigenvalue weighted by atomic mass is 10.1. The summed E-state index contributed by atoms with van der Waals surface area (Å²) in [6.07, 6.45) is 6.77. The van der Waals surface area contributed by atoms with Gasteiger partial charge < -0.3 is 5.32 Å². The van der Waals surface area contributed by atoms with Crippen molar-refractivity contribution in [1.82, 2.24) is 30.5 Å². The van der Waals surface area contributed by atoms with Gasteiger partial charge in [0.2, 0.25) is 0 Å². The summed E-state index contributed by atoms with van der Waals surface area (Å²) in [5.74, 6) is 0. The average molecular weight is 234 g/mol. The summed E-state index contributed by atoms with van der Waals surface area (Å²) in [4.78, 5) is 0. The summed E-state index contributed by atoms with van der Waals surface area (Å²) in [7, 11) is 0. The van der Waals surface area contributed by atoms with Crippen molar-refractivity contribution in [2.24, 2.45) is 0 Å². The van der Waals surface area contributed by atoms with Crippen LogP contribution < -0.4 is 5.32 Å². The van der Waals surface area contributed by atoms with Crippen molar-refractivity contribution in [3.8, 4) is 0 Å². The zero-order valence-corrected chi connectivity index (χ0v) is 10.2. The van der Waals surface area contributed by atoms with Crippen LogP contribution in [0.1, 0.15) is 37.6 Å². The molecule has 0 radical (unpaired) electrons. The van der Waals surface area contributed by atoms with Crippen LogP contribution in [-0.4, -0.2) is 31.7 Å². The molecule has 0 aromatic carbocycles. The van der Waals surface area contributed by atoms with Crippen LogP contribution in [0, 0.1) is 0 Å². The Kier molecular flexibility index (Phi) is 3.87. The van der Waals surface area contributed by atoms with Crippen LogP contribution in [0.3, 0.4) is 0 Å². The molecule has 2 rings (SSSR count). The first-order valence-corrected chi connectivity index (χ1v) is 5.96. The van der Waals surface area contributed by atoms with Crippen molar-refractivity contribution in [2.45, 2.75) is 32.9 Å². The van der Waals surface area contributed by atoms with Crippen LogP contribution in [0.25, 0.3) is 0 Å². The zero-order valence-electron chi connectivity index (χ0n) is 10.2. The molecular weight excluding hydrogens is 216 g/mol. The lowest BCUT2D eigenvalue weighted by Gasteiger charge is -2.12. The number of rotatable bonds is 6. The quantitative estimate of drug-likeness (QED) is 0.785. The van der Waals surface area contributed by atoms with E-state index in [-0.39, 0.29) is 6.04 Å². The summed E-state index contributed by atoms with van der Waals surface area (Å²) in [5.41, 5.74) is 2.01. The van der Waals surface area contributed by atoms with Crippen LogP contribution in [0.15, 0.2) is 18.6 Å². The summed E-state index contributed by atoms with van der Waals surface area (Å²) in [6, 6.07) is 0.0596. The van der Waals surface area contributed by atoms with Crippen LogP contribution in [0.4, 0.5) is 0 Å². The highest BCUT2D eigenvalue weighted by atomic mass is 15.3. The van der Waals surface area contributed by atoms with Crippen LogP contribution in [0.5, 0.6) is 0 Å². The maximum Gasteiger partial charge on any atom is 0.104 e. The monoisotopic (exact) mass is 234 g/mol. The van der Waals surface area contributed by atoms with E-state index >= 15 is 0 Å². The predicted molar refractivity (Wildman–Crippen MR) is 64.4 cm³/mol. The lowest BCUT2D eigenvalue weighted by Crippen LogP contribution is -2.22. The van der Waals surface area contributed by atoms with E-state index in [0.717, 1.165) is 30.8 Å². The van der Waals surface area contributed by atoms with Gasteiger partial charge in [0, 0.05) is 18.3 Å². The Morgan fingerprint density at radius 1 is 1.41 bits per heavy atom. The molecular formula is C11H18N6. The first-order valence-electron chi connectivity index (χ1n) is 5.96. The molecule has 0 saturated heterocycles. The maximum absolute atomic E-state index is 4.34. The SMILES string of the molecule is CCCn1cc(C(NCC)c2cn[nH]n2)cn1. The van der Waals surface area contributed by atoms with Gasteiger partial charge in [-0.1, -0.05) is 13.8 Å². The summed E-state index contributed by atoms with van der Waals surface area (Å²) in [5, 5.41) is 18.3.